The van der Waals surface area contributed by atoms with Crippen LogP contribution in [0.5, 0.6) is 0 Å². The molecule has 2 amide bonds. The molecule has 0 aromatic carbocycles. The van der Waals surface area contributed by atoms with E-state index in [1.165, 1.54) is 6.26 Å². The fourth-order valence-corrected chi connectivity index (χ4v) is 0.839. The maximum Gasteiger partial charge on any atom is 0.334 e. The van der Waals surface area contributed by atoms with Crippen LogP contribution in [0.25, 0.3) is 0 Å². The van der Waals surface area contributed by atoms with Gasteiger partial charge in [0, 0.05) is 6.07 Å². The Morgan fingerprint density at radius 3 is 2.81 bits per heavy atom. The van der Waals surface area contributed by atoms with Gasteiger partial charge in [-0.3, -0.25) is 0 Å². The fraction of sp³-hybridized carbons (Fsp3) is 0.375. The number of rotatable bonds is 5. The first-order valence-electron chi connectivity index (χ1n) is 4.41. The van der Waals surface area contributed by atoms with E-state index in [9.17, 15) is 9.59 Å². The number of hydrogen-bond acceptors (Lipinski definition) is 5. The number of carboxylic acids is 1. The van der Waals surface area contributed by atoms with Crippen LogP contribution in [-0.2, 0) is 11.3 Å². The first-order chi connectivity index (χ1) is 7.59. The number of nitrogens with zero attached hydrogens (tertiary/aromatic N) is 1. The van der Waals surface area contributed by atoms with Crippen molar-refractivity contribution in [1.82, 2.24) is 15.8 Å². The highest BCUT2D eigenvalue weighted by atomic mass is 16.5. The van der Waals surface area contributed by atoms with Crippen LogP contribution in [0, 0.1) is 0 Å². The number of urea groups is 1. The molecule has 16 heavy (non-hydrogen) atoms. The Labute approximate surface area is 90.2 Å². The molecule has 8 heteroatoms. The third-order valence-corrected chi connectivity index (χ3v) is 1.66. The smallest absolute Gasteiger partial charge is 0.334 e. The Hall–Kier alpha value is -2.09. The van der Waals surface area contributed by atoms with Gasteiger partial charge in [-0.05, 0) is 0 Å². The van der Waals surface area contributed by atoms with Crippen molar-refractivity contribution in [3.63, 3.8) is 0 Å². The predicted molar refractivity (Wildman–Crippen MR) is 50.4 cm³/mol. The Bertz CT molecular complexity index is 351. The highest BCUT2D eigenvalue weighted by molar-refractivity contribution is 5.76. The van der Waals surface area contributed by atoms with Crippen LogP contribution < -0.4 is 10.6 Å². The summed E-state index contributed by atoms with van der Waals surface area (Å²) in [5, 5.41) is 25.3. The van der Waals surface area contributed by atoms with Gasteiger partial charge in [-0.15, -0.1) is 0 Å². The lowest BCUT2D eigenvalue weighted by Crippen LogP contribution is -2.41. The molecule has 1 aromatic rings. The van der Waals surface area contributed by atoms with Gasteiger partial charge < -0.3 is 25.4 Å². The van der Waals surface area contributed by atoms with Gasteiger partial charge in [-0.2, -0.15) is 0 Å². The Morgan fingerprint density at radius 1 is 1.50 bits per heavy atom. The molecular formula is C8H11N3O5. The van der Waals surface area contributed by atoms with E-state index in [4.69, 9.17) is 10.2 Å². The fourth-order valence-electron chi connectivity index (χ4n) is 0.839. The summed E-state index contributed by atoms with van der Waals surface area (Å²) in [6.45, 7) is -0.203. The number of carbonyl (C=O) groups excluding carboxylic acids is 1. The topological polar surface area (TPSA) is 125 Å². The summed E-state index contributed by atoms with van der Waals surface area (Å²) in [6, 6.07) is 0.982. The third kappa shape index (κ3) is 3.96. The molecule has 0 aliphatic rings. The molecule has 8 nitrogen and oxygen atoms in total. The first kappa shape index (κ1) is 12.0. The molecule has 0 bridgehead atoms. The predicted octanol–water partition coefficient (Wildman–Crippen LogP) is -1.08. The molecule has 1 heterocycles. The van der Waals surface area contributed by atoms with Gasteiger partial charge in [0.05, 0.1) is 13.1 Å². The quantitative estimate of drug-likeness (QED) is 0.509. The summed E-state index contributed by atoms with van der Waals surface area (Å²) in [4.78, 5) is 21.3. The van der Waals surface area contributed by atoms with Crippen molar-refractivity contribution in [1.29, 1.82) is 0 Å². The summed E-state index contributed by atoms with van der Waals surface area (Å²) in [5.41, 5.74) is 0.536. The Kier molecular flexibility index (Phi) is 4.28. The van der Waals surface area contributed by atoms with Crippen molar-refractivity contribution >= 4 is 12.0 Å². The van der Waals surface area contributed by atoms with E-state index in [0.29, 0.717) is 5.69 Å². The van der Waals surface area contributed by atoms with Crippen LogP contribution in [0.1, 0.15) is 5.69 Å². The largest absolute Gasteiger partial charge is 0.479 e. The van der Waals surface area contributed by atoms with Crippen molar-refractivity contribution in [2.45, 2.75) is 12.6 Å². The van der Waals surface area contributed by atoms with Crippen LogP contribution in [-0.4, -0.2) is 40.0 Å². The minimum absolute atomic E-state index is 0.158. The Balaban J connectivity index is 2.19. The maximum atomic E-state index is 11.1. The molecule has 0 saturated carbocycles. The molecule has 4 N–H and O–H groups in total. The van der Waals surface area contributed by atoms with E-state index < -0.39 is 18.1 Å². The third-order valence-electron chi connectivity index (χ3n) is 1.66. The molecule has 1 unspecified atom stereocenters. The summed E-state index contributed by atoms with van der Waals surface area (Å²) in [5.74, 6) is -1.39. The monoisotopic (exact) mass is 229 g/mol. The van der Waals surface area contributed by atoms with Crippen molar-refractivity contribution in [3.05, 3.63) is 18.0 Å². The molecule has 0 aliphatic carbocycles. The number of hydrogen-bond donors (Lipinski definition) is 4. The lowest BCUT2D eigenvalue weighted by Gasteiger charge is -2.08. The van der Waals surface area contributed by atoms with Crippen LogP contribution in [0.15, 0.2) is 16.9 Å². The number of nitrogens with one attached hydrogen (secondary N) is 2. The zero-order valence-electron chi connectivity index (χ0n) is 8.21. The maximum absolute atomic E-state index is 11.1. The lowest BCUT2D eigenvalue weighted by atomic mass is 10.3. The average molecular weight is 229 g/mol. The second kappa shape index (κ2) is 5.71. The van der Waals surface area contributed by atoms with Gasteiger partial charge in [0.1, 0.15) is 12.0 Å². The average Bonchev–Trinajstić information content (AvgIpc) is 2.75. The molecule has 1 aromatic heterocycles. The van der Waals surface area contributed by atoms with E-state index in [1.54, 1.807) is 6.07 Å². The summed E-state index contributed by atoms with van der Waals surface area (Å²) >= 11 is 0. The highest BCUT2D eigenvalue weighted by Gasteiger charge is 2.13. The number of amides is 2. The van der Waals surface area contributed by atoms with E-state index >= 15 is 0 Å². The van der Waals surface area contributed by atoms with Crippen molar-refractivity contribution in [2.24, 2.45) is 0 Å². The van der Waals surface area contributed by atoms with Gasteiger partial charge >= 0.3 is 12.0 Å². The normalized spacial score (nSPS) is 11.8. The molecule has 88 valence electrons. The molecule has 0 fully saturated rings. The number of aliphatic hydroxyl groups excluding tert-OH is 1. The molecular weight excluding hydrogens is 218 g/mol. The van der Waals surface area contributed by atoms with Gasteiger partial charge in [-0.25, -0.2) is 9.59 Å². The molecule has 0 spiro atoms. The lowest BCUT2D eigenvalue weighted by molar-refractivity contribution is -0.146. The second-order valence-corrected chi connectivity index (χ2v) is 2.91. The van der Waals surface area contributed by atoms with Crippen molar-refractivity contribution < 1.29 is 24.3 Å². The minimum Gasteiger partial charge on any atom is -0.479 e. The first-order valence-corrected chi connectivity index (χ1v) is 4.41. The van der Waals surface area contributed by atoms with E-state index in [1.807, 2.05) is 0 Å². The van der Waals surface area contributed by atoms with Crippen molar-refractivity contribution in [3.8, 4) is 0 Å². The molecule has 0 saturated heterocycles. The van der Waals surface area contributed by atoms with Gasteiger partial charge in [0.2, 0.25) is 0 Å². The summed E-state index contributed by atoms with van der Waals surface area (Å²) in [7, 11) is 0. The number of aromatic nitrogens is 1. The molecule has 1 atom stereocenters. The van der Waals surface area contributed by atoms with Crippen LogP contribution in [0.4, 0.5) is 4.79 Å². The molecule has 0 radical (unpaired) electrons. The van der Waals surface area contributed by atoms with E-state index in [0.717, 1.165) is 0 Å². The zero-order chi connectivity index (χ0) is 12.0. The van der Waals surface area contributed by atoms with Crippen molar-refractivity contribution in [2.75, 3.05) is 6.54 Å². The van der Waals surface area contributed by atoms with E-state index in [-0.39, 0.29) is 13.1 Å². The Morgan fingerprint density at radius 2 is 2.25 bits per heavy atom. The number of carboxylic acid groups (broad SMARTS) is 1. The summed E-state index contributed by atoms with van der Waals surface area (Å²) in [6.07, 6.45) is -0.249. The standard InChI is InChI=1S/C8H11N3O5/c12-6(7(13)14)4-10-8(15)9-3-5-1-2-16-11-5/h1-2,6,12H,3-4H2,(H,13,14)(H2,9,10,15). The SMILES string of the molecule is O=C(NCc1ccon1)NCC(O)C(=O)O. The van der Waals surface area contributed by atoms with Crippen LogP contribution in [0.2, 0.25) is 0 Å². The number of aliphatic carboxylic acids is 1. The summed E-state index contributed by atoms with van der Waals surface area (Å²) < 4.78 is 4.54. The molecule has 0 aliphatic heterocycles. The second-order valence-electron chi connectivity index (χ2n) is 2.91. The number of carbonyl (C=O) groups is 2. The van der Waals surface area contributed by atoms with Crippen LogP contribution in [0.3, 0.4) is 0 Å². The number of aliphatic hydroxyl groups is 1. The minimum atomic E-state index is -1.61. The van der Waals surface area contributed by atoms with E-state index in [2.05, 4.69) is 20.3 Å². The molecule has 1 rings (SSSR count). The van der Waals surface area contributed by atoms with Gasteiger partial charge in [0.25, 0.3) is 0 Å². The van der Waals surface area contributed by atoms with Crippen LogP contribution >= 0.6 is 0 Å². The zero-order valence-corrected chi connectivity index (χ0v) is 8.21. The van der Waals surface area contributed by atoms with Gasteiger partial charge in [-0.1, -0.05) is 5.16 Å². The van der Waals surface area contributed by atoms with Gasteiger partial charge in [0.15, 0.2) is 6.10 Å². The highest BCUT2D eigenvalue weighted by Crippen LogP contribution is 1.92.